The van der Waals surface area contributed by atoms with Gasteiger partial charge in [0, 0.05) is 10.9 Å². The number of carbonyl (C=O) groups is 2. The fourth-order valence-corrected chi connectivity index (χ4v) is 2.04. The minimum Gasteiger partial charge on any atom is -0.351 e. The van der Waals surface area contributed by atoms with E-state index in [9.17, 15) is 9.59 Å². The lowest BCUT2D eigenvalue weighted by atomic mass is 10.2. The molecule has 88 valence electrons. The number of nitrogens with one attached hydrogen (secondary N) is 2. The van der Waals surface area contributed by atoms with Gasteiger partial charge in [0.2, 0.25) is 5.91 Å². The van der Waals surface area contributed by atoms with Gasteiger partial charge >= 0.3 is 6.03 Å². The van der Waals surface area contributed by atoms with Gasteiger partial charge in [0.1, 0.15) is 0 Å². The molecule has 16 heavy (non-hydrogen) atoms. The number of primary amides is 1. The summed E-state index contributed by atoms with van der Waals surface area (Å²) < 4.78 is 0. The zero-order chi connectivity index (χ0) is 12.1. The molecule has 0 aromatic carbocycles. The van der Waals surface area contributed by atoms with E-state index in [0.29, 0.717) is 0 Å². The van der Waals surface area contributed by atoms with Gasteiger partial charge in [-0.3, -0.25) is 15.4 Å². The average molecular weight is 241 g/mol. The van der Waals surface area contributed by atoms with Crippen LogP contribution in [0.15, 0.2) is 17.5 Å². The van der Waals surface area contributed by atoms with Gasteiger partial charge in [-0.2, -0.15) is 0 Å². The number of carbonyl (C=O) groups excluding carboxylic acids is 2. The van der Waals surface area contributed by atoms with Crippen LogP contribution in [0.25, 0.3) is 0 Å². The summed E-state index contributed by atoms with van der Waals surface area (Å²) in [6.07, 6.45) is 0. The number of amides is 3. The smallest absolute Gasteiger partial charge is 0.318 e. The normalized spacial score (nSPS) is 14.1. The van der Waals surface area contributed by atoms with Crippen LogP contribution in [0.5, 0.6) is 0 Å². The Bertz CT molecular complexity index is 364. The van der Waals surface area contributed by atoms with E-state index in [2.05, 4.69) is 5.32 Å². The standard InChI is InChI=1S/C10H15N3O2S/c1-6(8-4-3-5-16-8)12-7(2)9(14)13-10(11)15/h3-7,12H,1-2H3,(H3,11,13,14,15). The highest BCUT2D eigenvalue weighted by Gasteiger charge is 2.17. The van der Waals surface area contributed by atoms with E-state index >= 15 is 0 Å². The van der Waals surface area contributed by atoms with Gasteiger partial charge in [0.25, 0.3) is 0 Å². The van der Waals surface area contributed by atoms with E-state index in [1.165, 1.54) is 0 Å². The lowest BCUT2D eigenvalue weighted by Crippen LogP contribution is -2.46. The summed E-state index contributed by atoms with van der Waals surface area (Å²) in [7, 11) is 0. The van der Waals surface area contributed by atoms with Crippen molar-refractivity contribution in [2.75, 3.05) is 0 Å². The van der Waals surface area contributed by atoms with Crippen molar-refractivity contribution in [2.24, 2.45) is 5.73 Å². The first kappa shape index (κ1) is 12.7. The summed E-state index contributed by atoms with van der Waals surface area (Å²) in [5.41, 5.74) is 4.86. The SMILES string of the molecule is CC(NC(C)c1cccs1)C(=O)NC(N)=O. The third kappa shape index (κ3) is 3.63. The molecule has 0 fully saturated rings. The fourth-order valence-electron chi connectivity index (χ4n) is 1.30. The van der Waals surface area contributed by atoms with Gasteiger partial charge in [0.15, 0.2) is 0 Å². The summed E-state index contributed by atoms with van der Waals surface area (Å²) in [4.78, 5) is 23.0. The number of rotatable bonds is 4. The highest BCUT2D eigenvalue weighted by atomic mass is 32.1. The van der Waals surface area contributed by atoms with Crippen molar-refractivity contribution >= 4 is 23.3 Å². The summed E-state index contributed by atoms with van der Waals surface area (Å²) >= 11 is 1.61. The summed E-state index contributed by atoms with van der Waals surface area (Å²) in [5, 5.41) is 7.09. The minimum atomic E-state index is -0.831. The number of nitrogens with two attached hydrogens (primary N) is 1. The third-order valence-corrected chi connectivity index (χ3v) is 3.16. The molecule has 0 aliphatic carbocycles. The monoisotopic (exact) mass is 241 g/mol. The van der Waals surface area contributed by atoms with E-state index in [4.69, 9.17) is 5.73 Å². The molecule has 1 aromatic heterocycles. The van der Waals surface area contributed by atoms with Crippen molar-refractivity contribution in [3.8, 4) is 0 Å². The van der Waals surface area contributed by atoms with Crippen LogP contribution in [0.1, 0.15) is 24.8 Å². The third-order valence-electron chi connectivity index (χ3n) is 2.11. The lowest BCUT2D eigenvalue weighted by molar-refractivity contribution is -0.121. The van der Waals surface area contributed by atoms with Crippen LogP contribution < -0.4 is 16.4 Å². The molecule has 1 heterocycles. The van der Waals surface area contributed by atoms with Crippen LogP contribution >= 0.6 is 11.3 Å². The van der Waals surface area contributed by atoms with Crippen LogP contribution in [0.3, 0.4) is 0 Å². The molecule has 1 rings (SSSR count). The first-order valence-corrected chi connectivity index (χ1v) is 5.78. The van der Waals surface area contributed by atoms with Gasteiger partial charge in [-0.1, -0.05) is 6.07 Å². The quantitative estimate of drug-likeness (QED) is 0.734. The van der Waals surface area contributed by atoms with E-state index in [1.54, 1.807) is 18.3 Å². The largest absolute Gasteiger partial charge is 0.351 e. The molecule has 4 N–H and O–H groups in total. The van der Waals surface area contributed by atoms with Crippen LogP contribution in [-0.4, -0.2) is 18.0 Å². The summed E-state index contributed by atoms with van der Waals surface area (Å²) in [5.74, 6) is -0.420. The second-order valence-corrected chi connectivity index (χ2v) is 4.46. The second kappa shape index (κ2) is 5.62. The van der Waals surface area contributed by atoms with Gasteiger partial charge in [-0.05, 0) is 25.3 Å². The number of hydrogen-bond donors (Lipinski definition) is 3. The first-order valence-electron chi connectivity index (χ1n) is 4.90. The maximum atomic E-state index is 11.4. The Morgan fingerprint density at radius 1 is 1.44 bits per heavy atom. The number of imide groups is 1. The Kier molecular flexibility index (Phi) is 4.45. The first-order chi connectivity index (χ1) is 7.50. The van der Waals surface area contributed by atoms with Crippen LogP contribution in [0.4, 0.5) is 4.79 Å². The molecule has 5 nitrogen and oxygen atoms in total. The van der Waals surface area contributed by atoms with Crippen molar-refractivity contribution < 1.29 is 9.59 Å². The van der Waals surface area contributed by atoms with E-state index < -0.39 is 18.0 Å². The van der Waals surface area contributed by atoms with Crippen molar-refractivity contribution in [1.82, 2.24) is 10.6 Å². The Morgan fingerprint density at radius 2 is 2.12 bits per heavy atom. The Hall–Kier alpha value is -1.40. The molecule has 0 bridgehead atoms. The Morgan fingerprint density at radius 3 is 2.62 bits per heavy atom. The van der Waals surface area contributed by atoms with Crippen molar-refractivity contribution in [1.29, 1.82) is 0 Å². The zero-order valence-electron chi connectivity index (χ0n) is 9.19. The second-order valence-electron chi connectivity index (χ2n) is 3.48. The molecule has 1 aromatic rings. The molecule has 0 aliphatic rings. The highest BCUT2D eigenvalue weighted by molar-refractivity contribution is 7.10. The average Bonchev–Trinajstić information content (AvgIpc) is 2.68. The Balaban J connectivity index is 2.48. The number of urea groups is 1. The maximum Gasteiger partial charge on any atom is 0.318 e. The molecule has 2 atom stereocenters. The predicted octanol–water partition coefficient (Wildman–Crippen LogP) is 0.982. The summed E-state index contributed by atoms with van der Waals surface area (Å²) in [6.45, 7) is 3.64. The van der Waals surface area contributed by atoms with E-state index in [1.807, 2.05) is 29.8 Å². The maximum absolute atomic E-state index is 11.4. The summed E-state index contributed by atoms with van der Waals surface area (Å²) in [6, 6.07) is 2.70. The molecular formula is C10H15N3O2S. The molecule has 6 heteroatoms. The molecule has 3 amide bonds. The molecular weight excluding hydrogens is 226 g/mol. The number of thiophene rings is 1. The van der Waals surface area contributed by atoms with Gasteiger partial charge in [0.05, 0.1) is 6.04 Å². The molecule has 0 aliphatic heterocycles. The van der Waals surface area contributed by atoms with Crippen molar-refractivity contribution in [3.63, 3.8) is 0 Å². The molecule has 0 spiro atoms. The Labute approximate surface area is 98.0 Å². The molecule has 2 unspecified atom stereocenters. The fraction of sp³-hybridized carbons (Fsp3) is 0.400. The predicted molar refractivity (Wildman–Crippen MR) is 63.1 cm³/mol. The lowest BCUT2D eigenvalue weighted by Gasteiger charge is -2.17. The van der Waals surface area contributed by atoms with Gasteiger partial charge in [-0.15, -0.1) is 11.3 Å². The molecule has 0 radical (unpaired) electrons. The van der Waals surface area contributed by atoms with Crippen LogP contribution in [0.2, 0.25) is 0 Å². The van der Waals surface area contributed by atoms with Crippen molar-refractivity contribution in [3.05, 3.63) is 22.4 Å². The molecule has 0 saturated heterocycles. The van der Waals surface area contributed by atoms with Crippen LogP contribution in [0, 0.1) is 0 Å². The van der Waals surface area contributed by atoms with E-state index in [-0.39, 0.29) is 6.04 Å². The molecule has 0 saturated carbocycles. The topological polar surface area (TPSA) is 84.2 Å². The van der Waals surface area contributed by atoms with E-state index in [0.717, 1.165) is 4.88 Å². The number of hydrogen-bond acceptors (Lipinski definition) is 4. The minimum absolute atomic E-state index is 0.0635. The van der Waals surface area contributed by atoms with Crippen LogP contribution in [-0.2, 0) is 4.79 Å². The van der Waals surface area contributed by atoms with Crippen molar-refractivity contribution in [2.45, 2.75) is 25.9 Å². The van der Waals surface area contributed by atoms with Gasteiger partial charge < -0.3 is 5.73 Å². The zero-order valence-corrected chi connectivity index (χ0v) is 10.0. The highest BCUT2D eigenvalue weighted by Crippen LogP contribution is 2.18. The van der Waals surface area contributed by atoms with Gasteiger partial charge in [-0.25, -0.2) is 4.79 Å².